The van der Waals surface area contributed by atoms with Gasteiger partial charge in [-0.05, 0) is 79.4 Å². The average Bonchev–Trinajstić information content (AvgIpc) is 3.28. The van der Waals surface area contributed by atoms with Gasteiger partial charge in [0.05, 0.1) is 5.41 Å². The third-order valence-electron chi connectivity index (χ3n) is 8.50. The van der Waals surface area contributed by atoms with Gasteiger partial charge in [0.1, 0.15) is 0 Å². The Balaban J connectivity index is 1.56. The van der Waals surface area contributed by atoms with Crippen LogP contribution in [0.25, 0.3) is 33.0 Å². The van der Waals surface area contributed by atoms with E-state index in [1.54, 1.807) is 0 Å². The fourth-order valence-electron chi connectivity index (χ4n) is 6.88. The molecule has 0 atom stereocenters. The Labute approximate surface area is 228 Å². The van der Waals surface area contributed by atoms with Crippen LogP contribution < -0.4 is 0 Å². The minimum absolute atomic E-state index is 0.338. The molecule has 0 amide bonds. The van der Waals surface area contributed by atoms with Crippen LogP contribution in [-0.2, 0) is 11.8 Å². The van der Waals surface area contributed by atoms with Crippen molar-refractivity contribution in [2.45, 2.75) is 28.6 Å². The third kappa shape index (κ3) is 2.83. The van der Waals surface area contributed by atoms with Gasteiger partial charge in [0.15, 0.2) is 0 Å². The van der Waals surface area contributed by atoms with Crippen molar-refractivity contribution >= 4 is 22.5 Å². The van der Waals surface area contributed by atoms with Gasteiger partial charge in [-0.15, -0.1) is 0 Å². The molecule has 38 heavy (non-hydrogen) atoms. The van der Waals surface area contributed by atoms with E-state index in [4.69, 9.17) is 0 Å². The summed E-state index contributed by atoms with van der Waals surface area (Å²) in [5.74, 6) is 0. The molecule has 1 spiro atoms. The quantitative estimate of drug-likeness (QED) is 0.227. The van der Waals surface area contributed by atoms with Gasteiger partial charge in [-0.2, -0.15) is 0 Å². The maximum Gasteiger partial charge on any atom is 0.0735 e. The number of aryl methyl sites for hydroxylation is 1. The van der Waals surface area contributed by atoms with Gasteiger partial charge in [0.2, 0.25) is 0 Å². The number of rotatable bonds is 2. The molecule has 1 heteroatoms. The molecular weight excluding hydrogens is 476 g/mol. The summed E-state index contributed by atoms with van der Waals surface area (Å²) in [6.07, 6.45) is 0.997. The van der Waals surface area contributed by atoms with E-state index in [0.717, 1.165) is 6.42 Å². The molecule has 2 aliphatic rings. The van der Waals surface area contributed by atoms with Gasteiger partial charge < -0.3 is 0 Å². The Hall–Kier alpha value is -4.07. The molecule has 0 saturated heterocycles. The monoisotopic (exact) mass is 502 g/mol. The molecule has 180 valence electrons. The fraction of sp³-hybridized carbons (Fsp3) is 0.0811. The predicted molar refractivity (Wildman–Crippen MR) is 160 cm³/mol. The van der Waals surface area contributed by atoms with Crippen LogP contribution in [0.5, 0.6) is 0 Å². The van der Waals surface area contributed by atoms with Crippen LogP contribution in [0.2, 0.25) is 0 Å². The second-order valence-corrected chi connectivity index (χ2v) is 11.4. The molecule has 0 N–H and O–H groups in total. The zero-order valence-corrected chi connectivity index (χ0v) is 22.1. The maximum atomic E-state index is 2.51. The summed E-state index contributed by atoms with van der Waals surface area (Å²) >= 11 is 1.94. The molecule has 1 heterocycles. The molecule has 1 aliphatic carbocycles. The summed E-state index contributed by atoms with van der Waals surface area (Å²) in [4.78, 5) is 2.72. The predicted octanol–water partition coefficient (Wildman–Crippen LogP) is 9.90. The zero-order chi connectivity index (χ0) is 25.3. The number of fused-ring (bicyclic) bond motifs is 10. The van der Waals surface area contributed by atoms with Crippen molar-refractivity contribution < 1.29 is 0 Å². The molecule has 8 rings (SSSR count). The normalized spacial score (nSPS) is 14.1. The van der Waals surface area contributed by atoms with E-state index in [1.807, 2.05) is 11.8 Å². The van der Waals surface area contributed by atoms with E-state index in [0.29, 0.717) is 0 Å². The lowest BCUT2D eigenvalue weighted by atomic mass is 9.66. The van der Waals surface area contributed by atoms with Crippen molar-refractivity contribution in [3.63, 3.8) is 0 Å². The molecule has 1 aliphatic heterocycles. The lowest BCUT2D eigenvalue weighted by Crippen LogP contribution is -2.32. The van der Waals surface area contributed by atoms with Crippen LogP contribution in [-0.4, -0.2) is 0 Å². The third-order valence-corrected chi connectivity index (χ3v) is 9.72. The Kier molecular flexibility index (Phi) is 4.75. The van der Waals surface area contributed by atoms with Crippen molar-refractivity contribution in [3.8, 4) is 22.3 Å². The van der Waals surface area contributed by atoms with E-state index < -0.39 is 0 Å². The second-order valence-electron chi connectivity index (χ2n) is 10.3. The van der Waals surface area contributed by atoms with Gasteiger partial charge in [-0.25, -0.2) is 0 Å². The first kappa shape index (κ1) is 22.0. The van der Waals surface area contributed by atoms with E-state index in [2.05, 4.69) is 134 Å². The van der Waals surface area contributed by atoms with E-state index in [9.17, 15) is 0 Å². The summed E-state index contributed by atoms with van der Waals surface area (Å²) in [5.41, 5.74) is 12.0. The molecule has 0 aromatic heterocycles. The Morgan fingerprint density at radius 2 is 1.13 bits per heavy atom. The van der Waals surface area contributed by atoms with Gasteiger partial charge in [-0.1, -0.05) is 134 Å². The highest BCUT2D eigenvalue weighted by molar-refractivity contribution is 7.99. The zero-order valence-electron chi connectivity index (χ0n) is 21.2. The van der Waals surface area contributed by atoms with Crippen LogP contribution in [0.1, 0.15) is 34.7 Å². The Bertz CT molecular complexity index is 1840. The molecule has 0 unspecified atom stereocenters. The lowest BCUT2D eigenvalue weighted by molar-refractivity contribution is 0.721. The minimum atomic E-state index is -0.338. The minimum Gasteiger partial charge on any atom is -0.0887 e. The molecule has 6 aromatic rings. The van der Waals surface area contributed by atoms with Crippen LogP contribution in [0.15, 0.2) is 137 Å². The molecule has 6 aromatic carbocycles. The van der Waals surface area contributed by atoms with Crippen molar-refractivity contribution in [1.82, 2.24) is 0 Å². The molecule has 0 radical (unpaired) electrons. The van der Waals surface area contributed by atoms with Crippen molar-refractivity contribution in [1.29, 1.82) is 0 Å². The lowest BCUT2D eigenvalue weighted by Gasteiger charge is -2.40. The molecule has 0 bridgehead atoms. The highest BCUT2D eigenvalue weighted by Gasteiger charge is 2.50. The van der Waals surface area contributed by atoms with Crippen LogP contribution in [0, 0.1) is 0 Å². The molecule has 0 nitrogen and oxygen atoms in total. The highest BCUT2D eigenvalue weighted by Crippen LogP contribution is 2.63. The van der Waals surface area contributed by atoms with E-state index in [1.165, 1.54) is 70.6 Å². The first-order chi connectivity index (χ1) is 18.8. The van der Waals surface area contributed by atoms with Crippen molar-refractivity contribution in [2.75, 3.05) is 0 Å². The van der Waals surface area contributed by atoms with Gasteiger partial charge >= 0.3 is 0 Å². The summed E-state index contributed by atoms with van der Waals surface area (Å²) < 4.78 is 0. The van der Waals surface area contributed by atoms with Crippen LogP contribution >= 0.6 is 11.8 Å². The first-order valence-electron chi connectivity index (χ1n) is 13.4. The fourth-order valence-corrected chi connectivity index (χ4v) is 8.18. The SMILES string of the molecule is CCc1cc(-c2cccc3ccccc23)c2c(c1)C1(c3ccccc3S2)c2ccccc2-c2ccccc21. The highest BCUT2D eigenvalue weighted by atomic mass is 32.2. The summed E-state index contributed by atoms with van der Waals surface area (Å²) in [5, 5.41) is 2.60. The summed E-state index contributed by atoms with van der Waals surface area (Å²) in [6, 6.07) is 47.7. The van der Waals surface area contributed by atoms with Crippen LogP contribution in [0.4, 0.5) is 0 Å². The standard InChI is InChI=1S/C37H26S/c1-2-24-22-30(27-17-11-13-25-12-3-4-14-26(25)27)36-34(23-24)37(33-20-9-10-21-35(33)38-36)31-18-7-5-15-28(31)29-16-6-8-19-32(29)37/h3-23H,2H2,1H3. The average molecular weight is 503 g/mol. The van der Waals surface area contributed by atoms with Gasteiger partial charge in [0, 0.05) is 9.79 Å². The maximum absolute atomic E-state index is 2.51. The van der Waals surface area contributed by atoms with Crippen molar-refractivity contribution in [2.24, 2.45) is 0 Å². The van der Waals surface area contributed by atoms with Crippen LogP contribution in [0.3, 0.4) is 0 Å². The second kappa shape index (κ2) is 8.21. The number of hydrogen-bond donors (Lipinski definition) is 0. The largest absolute Gasteiger partial charge is 0.0887 e. The smallest absolute Gasteiger partial charge is 0.0735 e. The number of hydrogen-bond acceptors (Lipinski definition) is 1. The molecular formula is C37H26S. The van der Waals surface area contributed by atoms with Crippen molar-refractivity contribution in [3.05, 3.63) is 155 Å². The first-order valence-corrected chi connectivity index (χ1v) is 14.2. The van der Waals surface area contributed by atoms with E-state index >= 15 is 0 Å². The van der Waals surface area contributed by atoms with E-state index in [-0.39, 0.29) is 5.41 Å². The molecule has 0 saturated carbocycles. The van der Waals surface area contributed by atoms with Gasteiger partial charge in [-0.3, -0.25) is 0 Å². The number of benzene rings is 6. The molecule has 0 fully saturated rings. The Morgan fingerprint density at radius 1 is 0.526 bits per heavy atom. The summed E-state index contributed by atoms with van der Waals surface area (Å²) in [6.45, 7) is 2.28. The topological polar surface area (TPSA) is 0 Å². The summed E-state index contributed by atoms with van der Waals surface area (Å²) in [7, 11) is 0. The Morgan fingerprint density at radius 3 is 1.89 bits per heavy atom. The van der Waals surface area contributed by atoms with Gasteiger partial charge in [0.25, 0.3) is 0 Å².